The van der Waals surface area contributed by atoms with Gasteiger partial charge in [0.25, 0.3) is 0 Å². The van der Waals surface area contributed by atoms with E-state index in [4.69, 9.17) is 9.72 Å². The van der Waals surface area contributed by atoms with Gasteiger partial charge in [-0.1, -0.05) is 43.2 Å². The summed E-state index contributed by atoms with van der Waals surface area (Å²) < 4.78 is 7.38. The molecule has 1 heterocycles. The number of hydrogen-bond donors (Lipinski definition) is 1. The Kier molecular flexibility index (Phi) is 6.37. The molecular weight excluding hydrogens is 334 g/mol. The van der Waals surface area contributed by atoms with Crippen molar-refractivity contribution in [1.29, 1.82) is 0 Å². The van der Waals surface area contributed by atoms with Crippen LogP contribution in [0.1, 0.15) is 39.0 Å². The van der Waals surface area contributed by atoms with Gasteiger partial charge in [0.2, 0.25) is 5.91 Å². The Hall–Kier alpha value is -1.53. The Labute approximate surface area is 153 Å². The summed E-state index contributed by atoms with van der Waals surface area (Å²) in [5.74, 6) is 0.113. The van der Waals surface area contributed by atoms with E-state index in [1.165, 1.54) is 31.0 Å². The van der Waals surface area contributed by atoms with Crippen molar-refractivity contribution in [1.82, 2.24) is 14.9 Å². The van der Waals surface area contributed by atoms with Crippen molar-refractivity contribution in [2.24, 2.45) is 0 Å². The van der Waals surface area contributed by atoms with Crippen LogP contribution in [-0.4, -0.2) is 40.5 Å². The zero-order valence-electron chi connectivity index (χ0n) is 15.0. The van der Waals surface area contributed by atoms with Gasteiger partial charge in [-0.3, -0.25) is 4.79 Å². The lowest BCUT2D eigenvalue weighted by molar-refractivity contribution is -0.121. The summed E-state index contributed by atoms with van der Waals surface area (Å²) in [5, 5.41) is 3.93. The SMILES string of the molecule is COCCn1c(SC(C)C(=O)NC2CCCCC2)nc2ccccc21. The van der Waals surface area contributed by atoms with E-state index < -0.39 is 0 Å². The number of methoxy groups -OCH3 is 1. The van der Waals surface area contributed by atoms with Crippen LogP contribution in [0.15, 0.2) is 29.4 Å². The van der Waals surface area contributed by atoms with Crippen LogP contribution in [0.25, 0.3) is 11.0 Å². The average molecular weight is 362 g/mol. The third-order valence-electron chi connectivity index (χ3n) is 4.74. The summed E-state index contributed by atoms with van der Waals surface area (Å²) in [6, 6.07) is 8.42. The van der Waals surface area contributed by atoms with Gasteiger partial charge >= 0.3 is 0 Å². The summed E-state index contributed by atoms with van der Waals surface area (Å²) in [4.78, 5) is 17.3. The minimum Gasteiger partial charge on any atom is -0.383 e. The van der Waals surface area contributed by atoms with Crippen LogP contribution in [0.4, 0.5) is 0 Å². The largest absolute Gasteiger partial charge is 0.383 e. The topological polar surface area (TPSA) is 56.1 Å². The number of thioether (sulfide) groups is 1. The van der Waals surface area contributed by atoms with Crippen LogP contribution in [0.3, 0.4) is 0 Å². The molecular formula is C19H27N3O2S. The normalized spacial score (nSPS) is 16.9. The van der Waals surface area contributed by atoms with Crippen molar-refractivity contribution in [3.8, 4) is 0 Å². The van der Waals surface area contributed by atoms with E-state index in [1.807, 2.05) is 25.1 Å². The number of carbonyl (C=O) groups is 1. The van der Waals surface area contributed by atoms with Gasteiger partial charge in [0.15, 0.2) is 5.16 Å². The molecule has 1 saturated carbocycles. The Morgan fingerprint density at radius 2 is 2.12 bits per heavy atom. The third kappa shape index (κ3) is 4.55. The second-order valence-corrected chi connectivity index (χ2v) is 7.94. The highest BCUT2D eigenvalue weighted by molar-refractivity contribution is 8.00. The van der Waals surface area contributed by atoms with E-state index in [0.29, 0.717) is 12.6 Å². The molecule has 1 unspecified atom stereocenters. The smallest absolute Gasteiger partial charge is 0.233 e. The number of nitrogens with one attached hydrogen (secondary N) is 1. The fourth-order valence-electron chi connectivity index (χ4n) is 3.32. The van der Waals surface area contributed by atoms with Crippen LogP contribution >= 0.6 is 11.8 Å². The average Bonchev–Trinajstić information content (AvgIpc) is 2.97. The lowest BCUT2D eigenvalue weighted by atomic mass is 9.95. The maximum absolute atomic E-state index is 12.6. The Bertz CT molecular complexity index is 710. The summed E-state index contributed by atoms with van der Waals surface area (Å²) in [7, 11) is 1.70. The van der Waals surface area contributed by atoms with Crippen molar-refractivity contribution in [3.05, 3.63) is 24.3 Å². The number of ether oxygens (including phenoxy) is 1. The maximum Gasteiger partial charge on any atom is 0.233 e. The predicted octanol–water partition coefficient (Wildman–Crippen LogP) is 3.61. The number of amides is 1. The van der Waals surface area contributed by atoms with Crippen molar-refractivity contribution >= 4 is 28.7 Å². The molecule has 0 spiro atoms. The number of benzene rings is 1. The lowest BCUT2D eigenvalue weighted by Crippen LogP contribution is -2.40. The minimum atomic E-state index is -0.167. The maximum atomic E-state index is 12.6. The number of hydrogen-bond acceptors (Lipinski definition) is 4. The lowest BCUT2D eigenvalue weighted by Gasteiger charge is -2.24. The van der Waals surface area contributed by atoms with Gasteiger partial charge in [-0.25, -0.2) is 4.98 Å². The first-order chi connectivity index (χ1) is 12.2. The van der Waals surface area contributed by atoms with Crippen molar-refractivity contribution in [2.75, 3.05) is 13.7 Å². The third-order valence-corrected chi connectivity index (χ3v) is 5.83. The fourth-order valence-corrected chi connectivity index (χ4v) is 4.28. The Morgan fingerprint density at radius 3 is 2.88 bits per heavy atom. The van der Waals surface area contributed by atoms with E-state index in [-0.39, 0.29) is 11.2 Å². The number of aromatic nitrogens is 2. The highest BCUT2D eigenvalue weighted by atomic mass is 32.2. The van der Waals surface area contributed by atoms with Crippen LogP contribution < -0.4 is 5.32 Å². The molecule has 1 aromatic heterocycles. The molecule has 1 aliphatic rings. The molecule has 5 nitrogen and oxygen atoms in total. The zero-order chi connectivity index (χ0) is 17.6. The number of rotatable bonds is 7. The van der Waals surface area contributed by atoms with Gasteiger partial charge in [-0.2, -0.15) is 0 Å². The predicted molar refractivity (Wildman–Crippen MR) is 102 cm³/mol. The first-order valence-corrected chi connectivity index (χ1v) is 9.98. The number of para-hydroxylation sites is 2. The van der Waals surface area contributed by atoms with E-state index in [2.05, 4.69) is 16.0 Å². The summed E-state index contributed by atoms with van der Waals surface area (Å²) in [6.45, 7) is 3.32. The molecule has 1 aromatic carbocycles. The minimum absolute atomic E-state index is 0.113. The monoisotopic (exact) mass is 361 g/mol. The molecule has 1 fully saturated rings. The van der Waals surface area contributed by atoms with Gasteiger partial charge < -0.3 is 14.6 Å². The van der Waals surface area contributed by atoms with Crippen molar-refractivity contribution in [3.63, 3.8) is 0 Å². The molecule has 1 atom stereocenters. The molecule has 1 amide bonds. The van der Waals surface area contributed by atoms with Crippen molar-refractivity contribution in [2.45, 2.75) is 62.0 Å². The molecule has 0 radical (unpaired) electrons. The summed E-state index contributed by atoms with van der Waals surface area (Å²) >= 11 is 1.53. The fraction of sp³-hybridized carbons (Fsp3) is 0.579. The van der Waals surface area contributed by atoms with Gasteiger partial charge in [-0.05, 0) is 31.9 Å². The number of nitrogens with zero attached hydrogens (tertiary/aromatic N) is 2. The number of fused-ring (bicyclic) bond motifs is 1. The second-order valence-electron chi connectivity index (χ2n) is 6.63. The first-order valence-electron chi connectivity index (χ1n) is 9.10. The van der Waals surface area contributed by atoms with Crippen LogP contribution in [0.5, 0.6) is 0 Å². The molecule has 2 aromatic rings. The molecule has 1 N–H and O–H groups in total. The van der Waals surface area contributed by atoms with Crippen LogP contribution in [-0.2, 0) is 16.1 Å². The summed E-state index contributed by atoms with van der Waals surface area (Å²) in [5.41, 5.74) is 2.04. The molecule has 1 aliphatic carbocycles. The van der Waals surface area contributed by atoms with Crippen molar-refractivity contribution < 1.29 is 9.53 Å². The number of carbonyl (C=O) groups excluding carboxylic acids is 1. The molecule has 0 saturated heterocycles. The standard InChI is InChI=1S/C19H27N3O2S/c1-14(18(23)20-15-8-4-3-5-9-15)25-19-21-16-10-6-7-11-17(16)22(19)12-13-24-2/h6-7,10-11,14-15H,3-5,8-9,12-13H2,1-2H3,(H,20,23). The quantitative estimate of drug-likeness (QED) is 0.766. The van der Waals surface area contributed by atoms with Gasteiger partial charge in [0, 0.05) is 19.7 Å². The molecule has 0 aliphatic heterocycles. The second kappa shape index (κ2) is 8.72. The zero-order valence-corrected chi connectivity index (χ0v) is 15.8. The highest BCUT2D eigenvalue weighted by Gasteiger charge is 2.22. The van der Waals surface area contributed by atoms with Gasteiger partial charge in [-0.15, -0.1) is 0 Å². The van der Waals surface area contributed by atoms with Gasteiger partial charge in [0.05, 0.1) is 22.9 Å². The first kappa shape index (κ1) is 18.3. The summed E-state index contributed by atoms with van der Waals surface area (Å²) in [6.07, 6.45) is 5.95. The van der Waals surface area contributed by atoms with E-state index in [1.54, 1.807) is 7.11 Å². The number of imidazole rings is 1. The van der Waals surface area contributed by atoms with E-state index in [9.17, 15) is 4.79 Å². The van der Waals surface area contributed by atoms with Gasteiger partial charge in [0.1, 0.15) is 0 Å². The molecule has 6 heteroatoms. The molecule has 25 heavy (non-hydrogen) atoms. The van der Waals surface area contributed by atoms with Crippen LogP contribution in [0.2, 0.25) is 0 Å². The Balaban J connectivity index is 1.71. The molecule has 0 bridgehead atoms. The Morgan fingerprint density at radius 1 is 1.36 bits per heavy atom. The highest BCUT2D eigenvalue weighted by Crippen LogP contribution is 2.28. The van der Waals surface area contributed by atoms with E-state index >= 15 is 0 Å². The molecule has 3 rings (SSSR count). The molecule has 136 valence electrons. The van der Waals surface area contributed by atoms with E-state index in [0.717, 1.165) is 35.6 Å². The van der Waals surface area contributed by atoms with Crippen LogP contribution in [0, 0.1) is 0 Å².